The van der Waals surface area contributed by atoms with Crippen LogP contribution >= 0.6 is 22.9 Å². The van der Waals surface area contributed by atoms with E-state index >= 15 is 0 Å². The van der Waals surface area contributed by atoms with Gasteiger partial charge in [0.05, 0.1) is 34.7 Å². The number of thiazole rings is 1. The summed E-state index contributed by atoms with van der Waals surface area (Å²) >= 11 is 8.14. The first-order chi connectivity index (χ1) is 24.1. The molecule has 1 N–H and O–H groups in total. The number of allylic oxidation sites excluding steroid dienone is 2. The third kappa shape index (κ3) is 7.52. The minimum absolute atomic E-state index is 0.00415. The zero-order chi connectivity index (χ0) is 35.0. The van der Waals surface area contributed by atoms with Crippen molar-refractivity contribution in [2.75, 3.05) is 12.3 Å². The van der Waals surface area contributed by atoms with Gasteiger partial charge in [-0.2, -0.15) is 0 Å². The number of fused-ring (bicyclic) bond motifs is 1. The number of halogens is 3. The van der Waals surface area contributed by atoms with Crippen LogP contribution in [0.15, 0.2) is 92.3 Å². The predicted molar refractivity (Wildman–Crippen MR) is 195 cm³/mol. The van der Waals surface area contributed by atoms with E-state index in [0.717, 1.165) is 53.2 Å². The molecular formula is C38H41ClF2N4O3S2. The average Bonchev–Trinajstić information content (AvgIpc) is 3.88. The number of hydrogen-bond acceptors (Lipinski definition) is 8. The standard InChI is InChI=1S/C38H41ClF2N4O3S2/c1-23(40)2-8-28-9-15-33(43-28)35-34-20-24(16-19-50(47,48)30-12-5-26(6-13-30)25-3-10-29(46)11-4-25)22-45(34)37(38-42-17-18-49-38)44-36(35)31-14-7-27(41)21-32(31)39/h5-7,9,12-15,17-18,21,23-25,28-29,36,46H,2-4,8,10-11,16,19-20,22H2,1H3/t23?,24-,25?,28?,29?,36-/m0/s1. The second-order valence-corrected chi connectivity index (χ2v) is 17.3. The van der Waals surface area contributed by atoms with Crippen LogP contribution in [-0.2, 0) is 9.84 Å². The van der Waals surface area contributed by atoms with E-state index < -0.39 is 27.9 Å². The molecule has 2 fully saturated rings. The van der Waals surface area contributed by atoms with Crippen molar-refractivity contribution in [3.8, 4) is 0 Å². The number of sulfone groups is 1. The second-order valence-electron chi connectivity index (χ2n) is 13.9. The molecule has 0 radical (unpaired) electrons. The molecule has 7 rings (SSSR count). The highest BCUT2D eigenvalue weighted by atomic mass is 35.5. The zero-order valence-electron chi connectivity index (χ0n) is 27.9. The van der Waals surface area contributed by atoms with E-state index in [9.17, 15) is 22.3 Å². The third-order valence-corrected chi connectivity index (χ3v) is 13.2. The minimum atomic E-state index is -3.54. The van der Waals surface area contributed by atoms with Gasteiger partial charge in [-0.05, 0) is 106 Å². The van der Waals surface area contributed by atoms with Gasteiger partial charge in [0.1, 0.15) is 11.9 Å². The lowest BCUT2D eigenvalue weighted by atomic mass is 9.83. The molecule has 4 atom stereocenters. The Morgan fingerprint density at radius 2 is 1.86 bits per heavy atom. The Balaban J connectivity index is 1.18. The first-order valence-corrected chi connectivity index (χ1v) is 20.3. The van der Waals surface area contributed by atoms with Gasteiger partial charge in [-0.1, -0.05) is 35.9 Å². The maximum Gasteiger partial charge on any atom is 0.178 e. The second kappa shape index (κ2) is 14.8. The van der Waals surface area contributed by atoms with Crippen LogP contribution in [0.25, 0.3) is 0 Å². The number of aromatic nitrogens is 1. The van der Waals surface area contributed by atoms with Gasteiger partial charge in [0.2, 0.25) is 0 Å². The van der Waals surface area contributed by atoms with Crippen molar-refractivity contribution < 1.29 is 22.3 Å². The normalized spacial score (nSPS) is 25.9. The van der Waals surface area contributed by atoms with Gasteiger partial charge >= 0.3 is 0 Å². The molecule has 1 saturated carbocycles. The fourth-order valence-corrected chi connectivity index (χ4v) is 9.96. The van der Waals surface area contributed by atoms with Crippen molar-refractivity contribution in [1.82, 2.24) is 9.88 Å². The van der Waals surface area contributed by atoms with E-state index in [1.54, 1.807) is 31.3 Å². The Labute approximate surface area is 301 Å². The van der Waals surface area contributed by atoms with Crippen LogP contribution in [0.2, 0.25) is 5.02 Å². The molecule has 4 aliphatic rings. The number of nitrogens with zero attached hydrogens (tertiary/aromatic N) is 4. The van der Waals surface area contributed by atoms with Crippen molar-refractivity contribution in [3.63, 3.8) is 0 Å². The number of aliphatic hydroxyl groups excluding tert-OH is 1. The maximum absolute atomic E-state index is 14.2. The molecule has 264 valence electrons. The van der Waals surface area contributed by atoms with Crippen LogP contribution in [0.4, 0.5) is 8.78 Å². The Kier molecular flexibility index (Phi) is 10.4. The van der Waals surface area contributed by atoms with Crippen molar-refractivity contribution in [2.45, 2.75) is 93.5 Å². The maximum atomic E-state index is 14.2. The molecule has 3 aliphatic heterocycles. The molecule has 1 saturated heterocycles. The lowest BCUT2D eigenvalue weighted by Crippen LogP contribution is -2.35. The van der Waals surface area contributed by atoms with Crippen LogP contribution < -0.4 is 0 Å². The molecule has 12 heteroatoms. The summed E-state index contributed by atoms with van der Waals surface area (Å²) in [5, 5.41) is 12.7. The van der Waals surface area contributed by atoms with Crippen LogP contribution in [0.3, 0.4) is 0 Å². The summed E-state index contributed by atoms with van der Waals surface area (Å²) in [6.45, 7) is 2.11. The van der Waals surface area contributed by atoms with E-state index in [1.807, 2.05) is 29.7 Å². The van der Waals surface area contributed by atoms with E-state index in [-0.39, 0.29) is 28.8 Å². The fraction of sp³-hybridized carbons (Fsp3) is 0.447. The molecule has 3 aromatic rings. The monoisotopic (exact) mass is 738 g/mol. The van der Waals surface area contributed by atoms with Crippen LogP contribution in [-0.4, -0.2) is 65.6 Å². The van der Waals surface area contributed by atoms with E-state index in [2.05, 4.69) is 9.88 Å². The number of rotatable bonds is 11. The molecule has 50 heavy (non-hydrogen) atoms. The van der Waals surface area contributed by atoms with Gasteiger partial charge in [0.25, 0.3) is 0 Å². The Morgan fingerprint density at radius 3 is 2.56 bits per heavy atom. The molecule has 2 unspecified atom stereocenters. The molecule has 0 bridgehead atoms. The summed E-state index contributed by atoms with van der Waals surface area (Å²) in [7, 11) is -3.54. The van der Waals surface area contributed by atoms with E-state index in [1.165, 1.54) is 23.5 Å². The minimum Gasteiger partial charge on any atom is -0.393 e. The molecule has 4 heterocycles. The predicted octanol–water partition coefficient (Wildman–Crippen LogP) is 8.41. The van der Waals surface area contributed by atoms with Gasteiger partial charge in [-0.25, -0.2) is 22.2 Å². The average molecular weight is 739 g/mol. The SMILES string of the molecule is CC(F)CCC1C=CC(C2=C3C[C@H](CCS(=O)(=O)c4ccc(C5CCC(O)CC5)cc4)CN3C(c3nccs3)=N[C@H]2c2ccc(F)cc2Cl)=N1. The number of aliphatic hydroxyl groups is 1. The topological polar surface area (TPSA) is 95.2 Å². The summed E-state index contributed by atoms with van der Waals surface area (Å²) in [5.74, 6) is 0.580. The quantitative estimate of drug-likeness (QED) is 0.213. The van der Waals surface area contributed by atoms with Crippen LogP contribution in [0.5, 0.6) is 0 Å². The molecular weight excluding hydrogens is 698 g/mol. The molecule has 1 aliphatic carbocycles. The molecule has 0 amide bonds. The lowest BCUT2D eigenvalue weighted by Gasteiger charge is -2.33. The Bertz CT molecular complexity index is 1940. The van der Waals surface area contributed by atoms with Crippen molar-refractivity contribution in [3.05, 3.63) is 104 Å². The smallest absolute Gasteiger partial charge is 0.178 e. The summed E-state index contributed by atoms with van der Waals surface area (Å²) in [6, 6.07) is 10.9. The first kappa shape index (κ1) is 35.2. The van der Waals surface area contributed by atoms with Gasteiger partial charge in [0, 0.05) is 40.0 Å². The first-order valence-electron chi connectivity index (χ1n) is 17.4. The molecule has 0 spiro atoms. The van der Waals surface area contributed by atoms with Crippen molar-refractivity contribution >= 4 is 44.3 Å². The van der Waals surface area contributed by atoms with Crippen molar-refractivity contribution in [2.24, 2.45) is 15.9 Å². The number of benzene rings is 2. The van der Waals surface area contributed by atoms with Crippen molar-refractivity contribution in [1.29, 1.82) is 0 Å². The summed E-state index contributed by atoms with van der Waals surface area (Å²) < 4.78 is 55.2. The molecule has 2 aromatic carbocycles. The van der Waals surface area contributed by atoms with Gasteiger partial charge in [-0.15, -0.1) is 11.3 Å². The van der Waals surface area contributed by atoms with Crippen LogP contribution in [0, 0.1) is 11.7 Å². The highest BCUT2D eigenvalue weighted by Gasteiger charge is 2.41. The lowest BCUT2D eigenvalue weighted by molar-refractivity contribution is 0.122. The molecule has 7 nitrogen and oxygen atoms in total. The summed E-state index contributed by atoms with van der Waals surface area (Å²) in [6.07, 6.45) is 9.88. The number of alkyl halides is 1. The van der Waals surface area contributed by atoms with Gasteiger partial charge in [0.15, 0.2) is 20.7 Å². The largest absolute Gasteiger partial charge is 0.393 e. The Hall–Kier alpha value is -3.25. The fourth-order valence-electron chi connectivity index (χ4n) is 7.62. The number of hydrogen-bond donors (Lipinski definition) is 1. The number of amidine groups is 1. The summed E-state index contributed by atoms with van der Waals surface area (Å²) in [5.41, 5.74) is 4.32. The van der Waals surface area contributed by atoms with E-state index in [4.69, 9.17) is 21.6 Å². The number of aliphatic imine (C=N–C) groups is 2. The molecule has 1 aromatic heterocycles. The summed E-state index contributed by atoms with van der Waals surface area (Å²) in [4.78, 5) is 17.3. The van der Waals surface area contributed by atoms with Gasteiger partial charge < -0.3 is 10.0 Å². The zero-order valence-corrected chi connectivity index (χ0v) is 30.3. The van der Waals surface area contributed by atoms with E-state index in [0.29, 0.717) is 54.4 Å². The Morgan fingerprint density at radius 1 is 1.08 bits per heavy atom. The highest BCUT2D eigenvalue weighted by Crippen LogP contribution is 2.45. The van der Waals surface area contributed by atoms with Crippen LogP contribution in [0.1, 0.15) is 86.4 Å². The third-order valence-electron chi connectivity index (χ3n) is 10.3. The van der Waals surface area contributed by atoms with Gasteiger partial charge in [-0.3, -0.25) is 9.98 Å². The highest BCUT2D eigenvalue weighted by molar-refractivity contribution is 7.91.